The Morgan fingerprint density at radius 1 is 1.46 bits per heavy atom. The highest BCUT2D eigenvalue weighted by atomic mass is 35.5. The number of likely N-dealkylation sites (tertiary alicyclic amines) is 1. The van der Waals surface area contributed by atoms with Gasteiger partial charge in [-0.3, -0.25) is 9.89 Å². The monoisotopic (exact) mass is 351 g/mol. The average molecular weight is 352 g/mol. The third-order valence-corrected chi connectivity index (χ3v) is 4.82. The molecule has 1 aromatic rings. The topological polar surface area (TPSA) is 52.6 Å². The van der Waals surface area contributed by atoms with E-state index in [0.717, 1.165) is 37.0 Å². The van der Waals surface area contributed by atoms with Crippen molar-refractivity contribution < 1.29 is 0 Å². The molecule has 1 aromatic heterocycles. The standard InChI is InChI=1S/C18H30ClN5/c1-14-5-4-10-24(13-14)15(2)11-23-18(20-3)21-9-8-16-6-7-17(19)22-12-16/h6-7,12,14-15H,4-5,8-11,13H2,1-3H3,(H2,20,21,23). The molecule has 6 heteroatoms. The Morgan fingerprint density at radius 2 is 2.29 bits per heavy atom. The lowest BCUT2D eigenvalue weighted by Crippen LogP contribution is -2.48. The van der Waals surface area contributed by atoms with Gasteiger partial charge in [0.05, 0.1) is 0 Å². The van der Waals surface area contributed by atoms with Crippen LogP contribution in [0.4, 0.5) is 0 Å². The van der Waals surface area contributed by atoms with Crippen molar-refractivity contribution in [1.82, 2.24) is 20.5 Å². The molecule has 2 heterocycles. The van der Waals surface area contributed by atoms with Crippen LogP contribution in [0, 0.1) is 5.92 Å². The molecule has 0 amide bonds. The Labute approximate surface area is 150 Å². The minimum Gasteiger partial charge on any atom is -0.356 e. The molecule has 0 spiro atoms. The van der Waals surface area contributed by atoms with Crippen LogP contribution in [0.25, 0.3) is 0 Å². The molecule has 24 heavy (non-hydrogen) atoms. The van der Waals surface area contributed by atoms with Crippen LogP contribution in [-0.2, 0) is 6.42 Å². The van der Waals surface area contributed by atoms with Gasteiger partial charge in [0.15, 0.2) is 5.96 Å². The Balaban J connectivity index is 1.69. The van der Waals surface area contributed by atoms with Crippen LogP contribution in [-0.4, -0.2) is 55.1 Å². The number of hydrogen-bond acceptors (Lipinski definition) is 3. The molecule has 1 fully saturated rings. The van der Waals surface area contributed by atoms with Crippen LogP contribution >= 0.6 is 11.6 Å². The Morgan fingerprint density at radius 3 is 2.96 bits per heavy atom. The summed E-state index contributed by atoms with van der Waals surface area (Å²) in [6, 6.07) is 4.35. The van der Waals surface area contributed by atoms with Gasteiger partial charge in [-0.15, -0.1) is 0 Å². The van der Waals surface area contributed by atoms with Crippen LogP contribution in [0.5, 0.6) is 0 Å². The summed E-state index contributed by atoms with van der Waals surface area (Å²) >= 11 is 5.80. The van der Waals surface area contributed by atoms with Crippen LogP contribution in [0.15, 0.2) is 23.3 Å². The number of halogens is 1. The zero-order valence-electron chi connectivity index (χ0n) is 15.1. The molecule has 134 valence electrons. The van der Waals surface area contributed by atoms with E-state index in [9.17, 15) is 0 Å². The summed E-state index contributed by atoms with van der Waals surface area (Å²) in [6.45, 7) is 8.78. The molecular weight excluding hydrogens is 322 g/mol. The van der Waals surface area contributed by atoms with E-state index in [0.29, 0.717) is 11.2 Å². The van der Waals surface area contributed by atoms with Gasteiger partial charge >= 0.3 is 0 Å². The van der Waals surface area contributed by atoms with Gasteiger partial charge in [-0.1, -0.05) is 24.6 Å². The van der Waals surface area contributed by atoms with E-state index in [1.807, 2.05) is 25.4 Å². The molecule has 2 rings (SSSR count). The Kier molecular flexibility index (Phi) is 7.79. The van der Waals surface area contributed by atoms with Crippen molar-refractivity contribution in [3.05, 3.63) is 29.0 Å². The number of guanidine groups is 1. The molecular formula is C18H30ClN5. The highest BCUT2D eigenvalue weighted by molar-refractivity contribution is 6.29. The molecule has 0 aliphatic carbocycles. The molecule has 1 saturated heterocycles. The number of pyridine rings is 1. The second-order valence-electron chi connectivity index (χ2n) is 6.71. The third kappa shape index (κ3) is 6.29. The van der Waals surface area contributed by atoms with Gasteiger partial charge in [0, 0.05) is 38.9 Å². The number of nitrogens with one attached hydrogen (secondary N) is 2. The quantitative estimate of drug-likeness (QED) is 0.470. The number of aromatic nitrogens is 1. The summed E-state index contributed by atoms with van der Waals surface area (Å²) in [6.07, 6.45) is 5.39. The number of nitrogens with zero attached hydrogens (tertiary/aromatic N) is 3. The van der Waals surface area contributed by atoms with Gasteiger partial charge in [0.1, 0.15) is 5.15 Å². The zero-order chi connectivity index (χ0) is 17.4. The number of rotatable bonds is 6. The lowest BCUT2D eigenvalue weighted by atomic mass is 9.99. The molecule has 2 N–H and O–H groups in total. The van der Waals surface area contributed by atoms with Crippen molar-refractivity contribution >= 4 is 17.6 Å². The van der Waals surface area contributed by atoms with E-state index < -0.39 is 0 Å². The number of piperidine rings is 1. The molecule has 2 atom stereocenters. The zero-order valence-corrected chi connectivity index (χ0v) is 15.8. The third-order valence-electron chi connectivity index (χ3n) is 4.60. The van der Waals surface area contributed by atoms with Gasteiger partial charge in [0.2, 0.25) is 0 Å². The van der Waals surface area contributed by atoms with E-state index in [2.05, 4.69) is 39.4 Å². The predicted molar refractivity (Wildman–Crippen MR) is 102 cm³/mol. The van der Waals surface area contributed by atoms with Crippen LogP contribution in [0.1, 0.15) is 32.3 Å². The van der Waals surface area contributed by atoms with Gasteiger partial charge in [-0.05, 0) is 50.3 Å². The van der Waals surface area contributed by atoms with Crippen LogP contribution in [0.2, 0.25) is 5.15 Å². The predicted octanol–water partition coefficient (Wildman–Crippen LogP) is 2.56. The first-order chi connectivity index (χ1) is 11.6. The summed E-state index contributed by atoms with van der Waals surface area (Å²) in [5, 5.41) is 7.33. The summed E-state index contributed by atoms with van der Waals surface area (Å²) in [4.78, 5) is 11.0. The fourth-order valence-corrected chi connectivity index (χ4v) is 3.21. The van der Waals surface area contributed by atoms with Crippen molar-refractivity contribution in [2.75, 3.05) is 33.2 Å². The SMILES string of the molecule is CN=C(NCCc1ccc(Cl)nc1)NCC(C)N1CCCC(C)C1. The number of hydrogen-bond donors (Lipinski definition) is 2. The number of aliphatic imine (C=N–C) groups is 1. The molecule has 0 radical (unpaired) electrons. The lowest BCUT2D eigenvalue weighted by molar-refractivity contribution is 0.139. The molecule has 1 aliphatic rings. The highest BCUT2D eigenvalue weighted by Gasteiger charge is 2.20. The second kappa shape index (κ2) is 9.84. The molecule has 1 aliphatic heterocycles. The molecule has 5 nitrogen and oxygen atoms in total. The molecule has 0 aromatic carbocycles. The van der Waals surface area contributed by atoms with Gasteiger partial charge in [-0.25, -0.2) is 4.98 Å². The Hall–Kier alpha value is -1.33. The van der Waals surface area contributed by atoms with Crippen molar-refractivity contribution in [2.24, 2.45) is 10.9 Å². The maximum Gasteiger partial charge on any atom is 0.191 e. The van der Waals surface area contributed by atoms with E-state index >= 15 is 0 Å². The minimum atomic E-state index is 0.520. The van der Waals surface area contributed by atoms with Crippen molar-refractivity contribution in [2.45, 2.75) is 39.2 Å². The van der Waals surface area contributed by atoms with E-state index in [4.69, 9.17) is 11.6 Å². The maximum atomic E-state index is 5.80. The first-order valence-electron chi connectivity index (χ1n) is 8.87. The summed E-state index contributed by atoms with van der Waals surface area (Å²) in [7, 11) is 1.81. The van der Waals surface area contributed by atoms with E-state index in [1.165, 1.54) is 25.9 Å². The lowest BCUT2D eigenvalue weighted by Gasteiger charge is -2.35. The van der Waals surface area contributed by atoms with Crippen LogP contribution < -0.4 is 10.6 Å². The van der Waals surface area contributed by atoms with Gasteiger partial charge in [-0.2, -0.15) is 0 Å². The van der Waals surface area contributed by atoms with Crippen molar-refractivity contribution in [3.63, 3.8) is 0 Å². The molecule has 0 bridgehead atoms. The fourth-order valence-electron chi connectivity index (χ4n) is 3.10. The molecule has 2 unspecified atom stereocenters. The van der Waals surface area contributed by atoms with Crippen molar-refractivity contribution in [3.8, 4) is 0 Å². The summed E-state index contributed by atoms with van der Waals surface area (Å²) in [5.41, 5.74) is 1.16. The average Bonchev–Trinajstić information content (AvgIpc) is 2.59. The van der Waals surface area contributed by atoms with Crippen molar-refractivity contribution in [1.29, 1.82) is 0 Å². The van der Waals surface area contributed by atoms with Gasteiger partial charge in [0.25, 0.3) is 0 Å². The first kappa shape index (κ1) is 19.0. The first-order valence-corrected chi connectivity index (χ1v) is 9.25. The normalized spacial score (nSPS) is 20.7. The van der Waals surface area contributed by atoms with Crippen LogP contribution in [0.3, 0.4) is 0 Å². The van der Waals surface area contributed by atoms with E-state index in [-0.39, 0.29) is 0 Å². The summed E-state index contributed by atoms with van der Waals surface area (Å²) < 4.78 is 0. The second-order valence-corrected chi connectivity index (χ2v) is 7.10. The molecule has 0 saturated carbocycles. The minimum absolute atomic E-state index is 0.520. The van der Waals surface area contributed by atoms with Gasteiger partial charge < -0.3 is 10.6 Å². The fraction of sp³-hybridized carbons (Fsp3) is 0.667. The Bertz CT molecular complexity index is 517. The highest BCUT2D eigenvalue weighted by Crippen LogP contribution is 2.17. The maximum absolute atomic E-state index is 5.80. The van der Waals surface area contributed by atoms with E-state index in [1.54, 1.807) is 0 Å². The summed E-state index contributed by atoms with van der Waals surface area (Å²) in [5.74, 6) is 1.67. The largest absolute Gasteiger partial charge is 0.356 e. The smallest absolute Gasteiger partial charge is 0.191 e.